The Hall–Kier alpha value is -1.49. The second-order valence-corrected chi connectivity index (χ2v) is 6.23. The fourth-order valence-electron chi connectivity index (χ4n) is 2.95. The highest BCUT2D eigenvalue weighted by Crippen LogP contribution is 2.27. The van der Waals surface area contributed by atoms with Gasteiger partial charge in [-0.1, -0.05) is 13.3 Å². The van der Waals surface area contributed by atoms with Crippen molar-refractivity contribution in [2.75, 3.05) is 19.5 Å². The zero-order chi connectivity index (χ0) is 15.9. The van der Waals surface area contributed by atoms with E-state index in [1.165, 1.54) is 32.1 Å². The van der Waals surface area contributed by atoms with Crippen molar-refractivity contribution in [3.8, 4) is 11.5 Å². The molecule has 0 heterocycles. The molecule has 0 aromatic heterocycles. The fourth-order valence-corrected chi connectivity index (χ4v) is 3.23. The Morgan fingerprint density at radius 3 is 2.18 bits per heavy atom. The third kappa shape index (κ3) is 4.77. The standard InChI is InChI=1S/C17H26N2O2S/c1-4-12-5-7-13(8-6-12)18-17(22)19-14-9-15(20-2)11-16(10-14)21-3/h9-13H,4-8H2,1-3H3,(H2,18,19,22). The monoisotopic (exact) mass is 322 g/mol. The van der Waals surface area contributed by atoms with Gasteiger partial charge >= 0.3 is 0 Å². The van der Waals surface area contributed by atoms with Crippen LogP contribution in [0.3, 0.4) is 0 Å². The van der Waals surface area contributed by atoms with Gasteiger partial charge in [0.2, 0.25) is 0 Å². The van der Waals surface area contributed by atoms with Gasteiger partial charge in [0.05, 0.1) is 14.2 Å². The summed E-state index contributed by atoms with van der Waals surface area (Å²) in [5, 5.41) is 7.31. The molecule has 1 aliphatic carbocycles. The van der Waals surface area contributed by atoms with E-state index in [9.17, 15) is 0 Å². The first-order valence-corrected chi connectivity index (χ1v) is 8.36. The molecule has 0 atom stereocenters. The number of rotatable bonds is 5. The lowest BCUT2D eigenvalue weighted by Gasteiger charge is -2.29. The second-order valence-electron chi connectivity index (χ2n) is 5.83. The lowest BCUT2D eigenvalue weighted by atomic mass is 9.85. The summed E-state index contributed by atoms with van der Waals surface area (Å²) in [6, 6.07) is 6.14. The van der Waals surface area contributed by atoms with Crippen LogP contribution in [0.4, 0.5) is 5.69 Å². The zero-order valence-corrected chi connectivity index (χ0v) is 14.5. The molecule has 1 aliphatic rings. The number of anilines is 1. The molecular formula is C17H26N2O2S. The topological polar surface area (TPSA) is 42.5 Å². The number of hydrogen-bond donors (Lipinski definition) is 2. The van der Waals surface area contributed by atoms with Crippen LogP contribution in [0.15, 0.2) is 18.2 Å². The molecule has 5 heteroatoms. The summed E-state index contributed by atoms with van der Waals surface area (Å²) in [6.45, 7) is 2.28. The summed E-state index contributed by atoms with van der Waals surface area (Å²) in [5.41, 5.74) is 0.871. The molecule has 0 bridgehead atoms. The first kappa shape index (κ1) is 16.9. The molecule has 1 saturated carbocycles. The molecule has 1 aromatic carbocycles. The van der Waals surface area contributed by atoms with Gasteiger partial charge in [0.15, 0.2) is 5.11 Å². The van der Waals surface area contributed by atoms with E-state index in [2.05, 4.69) is 17.6 Å². The number of thiocarbonyl (C=S) groups is 1. The highest BCUT2D eigenvalue weighted by molar-refractivity contribution is 7.80. The summed E-state index contributed by atoms with van der Waals surface area (Å²) in [6.07, 6.45) is 6.27. The van der Waals surface area contributed by atoms with Crippen LogP contribution in [0.25, 0.3) is 0 Å². The Morgan fingerprint density at radius 2 is 1.68 bits per heavy atom. The smallest absolute Gasteiger partial charge is 0.170 e. The summed E-state index contributed by atoms with van der Waals surface area (Å²) >= 11 is 5.43. The Balaban J connectivity index is 1.89. The maximum absolute atomic E-state index is 5.43. The van der Waals surface area contributed by atoms with Gasteiger partial charge < -0.3 is 20.1 Å². The minimum absolute atomic E-state index is 0.482. The first-order valence-electron chi connectivity index (χ1n) is 7.95. The summed E-state index contributed by atoms with van der Waals surface area (Å²) in [4.78, 5) is 0. The molecule has 1 fully saturated rings. The van der Waals surface area contributed by atoms with Gasteiger partial charge in [0.1, 0.15) is 11.5 Å². The van der Waals surface area contributed by atoms with Crippen molar-refractivity contribution in [1.82, 2.24) is 5.32 Å². The summed E-state index contributed by atoms with van der Waals surface area (Å²) < 4.78 is 10.5. The van der Waals surface area contributed by atoms with Crippen LogP contribution >= 0.6 is 12.2 Å². The van der Waals surface area contributed by atoms with Crippen LogP contribution in [0.1, 0.15) is 39.0 Å². The molecule has 0 unspecified atom stereocenters. The average Bonchev–Trinajstić information content (AvgIpc) is 2.55. The van der Waals surface area contributed by atoms with Crippen molar-refractivity contribution in [1.29, 1.82) is 0 Å². The minimum atomic E-state index is 0.482. The predicted molar refractivity (Wildman–Crippen MR) is 94.9 cm³/mol. The number of nitrogens with one attached hydrogen (secondary N) is 2. The number of benzene rings is 1. The van der Waals surface area contributed by atoms with E-state index in [0.717, 1.165) is 23.1 Å². The number of methoxy groups -OCH3 is 2. The normalized spacial score (nSPS) is 21.0. The van der Waals surface area contributed by atoms with Crippen LogP contribution in [-0.2, 0) is 0 Å². The molecule has 2 rings (SSSR count). The van der Waals surface area contributed by atoms with Crippen molar-refractivity contribution >= 4 is 23.0 Å². The van der Waals surface area contributed by atoms with Gasteiger partial charge in [-0.25, -0.2) is 0 Å². The van der Waals surface area contributed by atoms with Crippen molar-refractivity contribution in [2.45, 2.75) is 45.1 Å². The number of ether oxygens (including phenoxy) is 2. The Labute approximate surface area is 138 Å². The Kier molecular flexibility index (Phi) is 6.31. The van der Waals surface area contributed by atoms with E-state index in [0.29, 0.717) is 11.2 Å². The molecule has 22 heavy (non-hydrogen) atoms. The molecule has 0 saturated heterocycles. The van der Waals surface area contributed by atoms with Crippen molar-refractivity contribution in [2.24, 2.45) is 5.92 Å². The average molecular weight is 322 g/mol. The predicted octanol–water partition coefficient (Wildman–Crippen LogP) is 3.96. The highest BCUT2D eigenvalue weighted by atomic mass is 32.1. The highest BCUT2D eigenvalue weighted by Gasteiger charge is 2.20. The Bertz CT molecular complexity index is 477. The van der Waals surface area contributed by atoms with Gasteiger partial charge in [0, 0.05) is 29.9 Å². The van der Waals surface area contributed by atoms with Gasteiger partial charge in [0.25, 0.3) is 0 Å². The largest absolute Gasteiger partial charge is 0.497 e. The van der Waals surface area contributed by atoms with E-state index >= 15 is 0 Å². The van der Waals surface area contributed by atoms with Crippen LogP contribution in [0.5, 0.6) is 11.5 Å². The molecule has 1 aromatic rings. The van der Waals surface area contributed by atoms with Crippen LogP contribution in [-0.4, -0.2) is 25.4 Å². The van der Waals surface area contributed by atoms with E-state index in [-0.39, 0.29) is 0 Å². The first-order chi connectivity index (χ1) is 10.6. The van der Waals surface area contributed by atoms with Crippen LogP contribution in [0, 0.1) is 5.92 Å². The molecule has 0 radical (unpaired) electrons. The van der Waals surface area contributed by atoms with Gasteiger partial charge in [-0.15, -0.1) is 0 Å². The Morgan fingerprint density at radius 1 is 1.09 bits per heavy atom. The minimum Gasteiger partial charge on any atom is -0.497 e. The van der Waals surface area contributed by atoms with Gasteiger partial charge in [-0.2, -0.15) is 0 Å². The maximum Gasteiger partial charge on any atom is 0.170 e. The van der Waals surface area contributed by atoms with Crippen molar-refractivity contribution in [3.63, 3.8) is 0 Å². The van der Waals surface area contributed by atoms with Crippen molar-refractivity contribution in [3.05, 3.63) is 18.2 Å². The molecule has 122 valence electrons. The SMILES string of the molecule is CCC1CCC(NC(=S)Nc2cc(OC)cc(OC)c2)CC1. The van der Waals surface area contributed by atoms with E-state index in [1.807, 2.05) is 18.2 Å². The molecule has 4 nitrogen and oxygen atoms in total. The molecular weight excluding hydrogens is 296 g/mol. The molecule has 0 aliphatic heterocycles. The third-order valence-electron chi connectivity index (χ3n) is 4.37. The van der Waals surface area contributed by atoms with Gasteiger partial charge in [-0.3, -0.25) is 0 Å². The van der Waals surface area contributed by atoms with E-state index in [4.69, 9.17) is 21.7 Å². The fraction of sp³-hybridized carbons (Fsp3) is 0.588. The second kappa shape index (κ2) is 8.22. The lowest BCUT2D eigenvalue weighted by molar-refractivity contribution is 0.306. The summed E-state index contributed by atoms with van der Waals surface area (Å²) in [7, 11) is 3.28. The number of hydrogen-bond acceptors (Lipinski definition) is 3. The van der Waals surface area contributed by atoms with E-state index in [1.54, 1.807) is 14.2 Å². The van der Waals surface area contributed by atoms with Gasteiger partial charge in [-0.05, 0) is 43.8 Å². The van der Waals surface area contributed by atoms with Crippen molar-refractivity contribution < 1.29 is 9.47 Å². The van der Waals surface area contributed by atoms with Crippen LogP contribution < -0.4 is 20.1 Å². The third-order valence-corrected chi connectivity index (χ3v) is 4.59. The van der Waals surface area contributed by atoms with Crippen LogP contribution in [0.2, 0.25) is 0 Å². The van der Waals surface area contributed by atoms with E-state index < -0.39 is 0 Å². The summed E-state index contributed by atoms with van der Waals surface area (Å²) in [5.74, 6) is 2.38. The molecule has 2 N–H and O–H groups in total. The zero-order valence-electron chi connectivity index (χ0n) is 13.6. The molecule has 0 amide bonds. The lowest BCUT2D eigenvalue weighted by Crippen LogP contribution is -2.39. The maximum atomic E-state index is 5.43. The quantitative estimate of drug-likeness (QED) is 0.803. The molecule has 0 spiro atoms.